The van der Waals surface area contributed by atoms with Crippen LogP contribution in [0.1, 0.15) is 11.1 Å². The van der Waals surface area contributed by atoms with Crippen molar-refractivity contribution < 1.29 is 4.92 Å². The lowest BCUT2D eigenvalue weighted by atomic mass is 10.1. The number of pyridine rings is 1. The molecule has 6 heteroatoms. The summed E-state index contributed by atoms with van der Waals surface area (Å²) in [4.78, 5) is 22.3. The number of nitrogens with zero attached hydrogens (tertiary/aromatic N) is 2. The van der Waals surface area contributed by atoms with Crippen LogP contribution in [-0.4, -0.2) is 16.5 Å². The molecule has 0 fully saturated rings. The monoisotopic (exact) mass is 273 g/mol. The minimum atomic E-state index is -0.444. The van der Waals surface area contributed by atoms with Gasteiger partial charge in [-0.25, -0.2) is 0 Å². The maximum Gasteiger partial charge on any atom is 0.269 e. The molecule has 0 aliphatic carbocycles. The minimum absolute atomic E-state index is 0.0131. The van der Waals surface area contributed by atoms with Gasteiger partial charge in [-0.15, -0.1) is 0 Å². The van der Waals surface area contributed by atoms with Crippen LogP contribution in [0.3, 0.4) is 0 Å². The number of aryl methyl sites for hydroxylation is 1. The third-order valence-electron chi connectivity index (χ3n) is 3.06. The summed E-state index contributed by atoms with van der Waals surface area (Å²) in [7, 11) is 1.74. The molecule has 0 saturated carbocycles. The van der Waals surface area contributed by atoms with Gasteiger partial charge in [0.2, 0.25) is 0 Å². The lowest BCUT2D eigenvalue weighted by Crippen LogP contribution is -2.19. The van der Waals surface area contributed by atoms with E-state index in [0.29, 0.717) is 5.56 Å². The van der Waals surface area contributed by atoms with Crippen LogP contribution in [0.4, 0.5) is 11.4 Å². The summed E-state index contributed by atoms with van der Waals surface area (Å²) in [5.74, 6) is 0. The minimum Gasteiger partial charge on any atom is -0.388 e. The van der Waals surface area contributed by atoms with Crippen LogP contribution in [0.5, 0.6) is 0 Å². The summed E-state index contributed by atoms with van der Waals surface area (Å²) >= 11 is 0. The first kappa shape index (κ1) is 13.8. The average Bonchev–Trinajstić information content (AvgIpc) is 2.41. The van der Waals surface area contributed by atoms with Gasteiger partial charge in [-0.1, -0.05) is 0 Å². The lowest BCUT2D eigenvalue weighted by Gasteiger charge is -2.11. The first-order valence-corrected chi connectivity index (χ1v) is 6.13. The van der Waals surface area contributed by atoms with Crippen LogP contribution in [0.25, 0.3) is 0 Å². The zero-order chi connectivity index (χ0) is 14.7. The molecule has 1 heterocycles. The summed E-state index contributed by atoms with van der Waals surface area (Å²) in [6.45, 7) is 2.13. The van der Waals surface area contributed by atoms with E-state index in [2.05, 4.69) is 5.32 Å². The molecule has 20 heavy (non-hydrogen) atoms. The summed E-state index contributed by atoms with van der Waals surface area (Å²) in [6, 6.07) is 7.94. The summed E-state index contributed by atoms with van der Waals surface area (Å²) in [6.07, 6.45) is 1.69. The Labute approximate surface area is 115 Å². The fraction of sp³-hybridized carbons (Fsp3) is 0.214. The molecule has 6 nitrogen and oxygen atoms in total. The van der Waals surface area contributed by atoms with E-state index in [1.54, 1.807) is 19.3 Å². The van der Waals surface area contributed by atoms with Crippen molar-refractivity contribution in [3.8, 4) is 0 Å². The Bertz CT molecular complexity index is 707. The smallest absolute Gasteiger partial charge is 0.269 e. The molecule has 1 aromatic carbocycles. The molecule has 0 spiro atoms. The third-order valence-corrected chi connectivity index (χ3v) is 3.06. The molecule has 2 aromatic rings. The highest BCUT2D eigenvalue weighted by Gasteiger charge is 2.11. The van der Waals surface area contributed by atoms with Crippen molar-refractivity contribution in [2.75, 3.05) is 12.4 Å². The Hall–Kier alpha value is -2.63. The molecule has 104 valence electrons. The van der Waals surface area contributed by atoms with Gasteiger partial charge in [0, 0.05) is 42.7 Å². The van der Waals surface area contributed by atoms with E-state index in [4.69, 9.17) is 0 Å². The first-order valence-electron chi connectivity index (χ1n) is 6.13. The second-order valence-corrected chi connectivity index (χ2v) is 4.52. The molecule has 0 amide bonds. The van der Waals surface area contributed by atoms with Gasteiger partial charge in [0.25, 0.3) is 11.2 Å². The molecule has 0 radical (unpaired) electrons. The number of nitro groups is 1. The van der Waals surface area contributed by atoms with Crippen LogP contribution in [0, 0.1) is 17.0 Å². The van der Waals surface area contributed by atoms with Gasteiger partial charge in [-0.05, 0) is 24.6 Å². The van der Waals surface area contributed by atoms with Gasteiger partial charge >= 0.3 is 0 Å². The van der Waals surface area contributed by atoms with Gasteiger partial charge < -0.3 is 9.88 Å². The summed E-state index contributed by atoms with van der Waals surface area (Å²) < 4.78 is 1.52. The second kappa shape index (κ2) is 5.56. The Morgan fingerprint density at radius 1 is 1.30 bits per heavy atom. The average molecular weight is 273 g/mol. The molecule has 0 aliphatic heterocycles. The number of non-ortho nitro benzene ring substituents is 1. The Kier molecular flexibility index (Phi) is 3.84. The van der Waals surface area contributed by atoms with E-state index in [0.717, 1.165) is 11.3 Å². The predicted molar refractivity (Wildman–Crippen MR) is 77.2 cm³/mol. The van der Waals surface area contributed by atoms with Crippen molar-refractivity contribution in [2.24, 2.45) is 0 Å². The Morgan fingerprint density at radius 3 is 2.65 bits per heavy atom. The Balaban J connectivity index is 2.43. The fourth-order valence-corrected chi connectivity index (χ4v) is 1.99. The second-order valence-electron chi connectivity index (χ2n) is 4.52. The van der Waals surface area contributed by atoms with Crippen molar-refractivity contribution in [2.45, 2.75) is 13.5 Å². The highest BCUT2D eigenvalue weighted by atomic mass is 16.6. The van der Waals surface area contributed by atoms with E-state index >= 15 is 0 Å². The summed E-state index contributed by atoms with van der Waals surface area (Å²) in [5.41, 5.74) is 2.24. The maximum atomic E-state index is 11.9. The molecule has 2 rings (SSSR count). The molecule has 0 atom stereocenters. The zero-order valence-electron chi connectivity index (χ0n) is 11.3. The SMILES string of the molecule is CNc1ccc([N+](=O)[O-])cc1Cn1ccc(C)cc1=O. The van der Waals surface area contributed by atoms with Crippen LogP contribution < -0.4 is 10.9 Å². The molecule has 0 bridgehead atoms. The molecular weight excluding hydrogens is 258 g/mol. The largest absolute Gasteiger partial charge is 0.388 e. The van der Waals surface area contributed by atoms with Crippen molar-refractivity contribution >= 4 is 11.4 Å². The maximum absolute atomic E-state index is 11.9. The predicted octanol–water partition coefficient (Wildman–Crippen LogP) is 2.15. The number of anilines is 1. The summed E-state index contributed by atoms with van der Waals surface area (Å²) in [5, 5.41) is 13.8. The van der Waals surface area contributed by atoms with E-state index in [1.807, 2.05) is 13.0 Å². The van der Waals surface area contributed by atoms with E-state index in [-0.39, 0.29) is 17.8 Å². The molecule has 1 aromatic heterocycles. The molecule has 0 saturated heterocycles. The molecule has 0 unspecified atom stereocenters. The standard InChI is InChI=1S/C14H15N3O3/c1-10-5-6-16(14(18)7-10)9-11-8-12(17(19)20)3-4-13(11)15-2/h3-8,15H,9H2,1-2H3. The number of nitro benzene ring substituents is 1. The van der Waals surface area contributed by atoms with E-state index < -0.39 is 4.92 Å². The number of aromatic nitrogens is 1. The van der Waals surface area contributed by atoms with Gasteiger partial charge in [0.05, 0.1) is 11.5 Å². The number of hydrogen-bond acceptors (Lipinski definition) is 4. The number of nitrogens with one attached hydrogen (secondary N) is 1. The molecular formula is C14H15N3O3. The fourth-order valence-electron chi connectivity index (χ4n) is 1.99. The van der Waals surface area contributed by atoms with Crippen molar-refractivity contribution in [3.63, 3.8) is 0 Å². The van der Waals surface area contributed by atoms with Gasteiger partial charge in [-0.3, -0.25) is 14.9 Å². The van der Waals surface area contributed by atoms with Crippen LogP contribution in [0.15, 0.2) is 41.3 Å². The van der Waals surface area contributed by atoms with Crippen molar-refractivity contribution in [1.29, 1.82) is 0 Å². The molecule has 1 N–H and O–H groups in total. The first-order chi connectivity index (χ1) is 9.51. The van der Waals surface area contributed by atoms with Gasteiger partial charge in [-0.2, -0.15) is 0 Å². The van der Waals surface area contributed by atoms with Gasteiger partial charge in [0.1, 0.15) is 0 Å². The highest BCUT2D eigenvalue weighted by molar-refractivity contribution is 5.55. The highest BCUT2D eigenvalue weighted by Crippen LogP contribution is 2.22. The third kappa shape index (κ3) is 2.85. The van der Waals surface area contributed by atoms with E-state index in [9.17, 15) is 14.9 Å². The number of benzene rings is 1. The molecule has 0 aliphatic rings. The van der Waals surface area contributed by atoms with Crippen LogP contribution in [0.2, 0.25) is 0 Å². The Morgan fingerprint density at radius 2 is 2.05 bits per heavy atom. The number of rotatable bonds is 4. The van der Waals surface area contributed by atoms with Crippen LogP contribution in [-0.2, 0) is 6.54 Å². The van der Waals surface area contributed by atoms with Crippen molar-refractivity contribution in [3.05, 3.63) is 68.1 Å². The van der Waals surface area contributed by atoms with Gasteiger partial charge in [0.15, 0.2) is 0 Å². The van der Waals surface area contributed by atoms with Crippen LogP contribution >= 0.6 is 0 Å². The zero-order valence-corrected chi connectivity index (χ0v) is 11.3. The number of hydrogen-bond donors (Lipinski definition) is 1. The normalized spacial score (nSPS) is 10.3. The van der Waals surface area contributed by atoms with Crippen molar-refractivity contribution in [1.82, 2.24) is 4.57 Å². The lowest BCUT2D eigenvalue weighted by molar-refractivity contribution is -0.384. The quantitative estimate of drug-likeness (QED) is 0.684. The van der Waals surface area contributed by atoms with E-state index in [1.165, 1.54) is 22.8 Å². The topological polar surface area (TPSA) is 77.2 Å².